The minimum Gasteiger partial charge on any atom is -0.478 e. The molecule has 0 spiro atoms. The van der Waals surface area contributed by atoms with E-state index in [0.717, 1.165) is 17.9 Å². The number of sulfone groups is 1. The molecular weight excluding hydrogens is 304 g/mol. The Kier molecular flexibility index (Phi) is 4.23. The van der Waals surface area contributed by atoms with Gasteiger partial charge in [-0.2, -0.15) is 0 Å². The summed E-state index contributed by atoms with van der Waals surface area (Å²) in [5.74, 6) is -0.529. The number of rotatable bonds is 4. The first-order valence-corrected chi connectivity index (χ1v) is 8.41. The molecule has 0 heterocycles. The van der Waals surface area contributed by atoms with Gasteiger partial charge in [0.15, 0.2) is 9.84 Å². The minimum atomic E-state index is -3.63. The highest BCUT2D eigenvalue weighted by Crippen LogP contribution is 2.33. The molecule has 0 amide bonds. The van der Waals surface area contributed by atoms with Gasteiger partial charge in [0, 0.05) is 6.26 Å². The van der Waals surface area contributed by atoms with Crippen molar-refractivity contribution in [3.8, 4) is 11.5 Å². The summed E-state index contributed by atoms with van der Waals surface area (Å²) in [6, 6.07) is 9.77. The zero-order valence-corrected chi connectivity index (χ0v) is 13.3. The van der Waals surface area contributed by atoms with Gasteiger partial charge in [-0.3, -0.25) is 0 Å². The van der Waals surface area contributed by atoms with Crippen LogP contribution in [0.2, 0.25) is 0 Å². The third kappa shape index (κ3) is 3.28. The molecule has 0 aromatic heterocycles. The maximum Gasteiger partial charge on any atom is 0.335 e. The van der Waals surface area contributed by atoms with Crippen molar-refractivity contribution in [3.05, 3.63) is 53.1 Å². The van der Waals surface area contributed by atoms with Crippen molar-refractivity contribution >= 4 is 15.8 Å². The van der Waals surface area contributed by atoms with Crippen LogP contribution >= 0.6 is 0 Å². The third-order valence-corrected chi connectivity index (χ3v) is 4.35. The fourth-order valence-corrected chi connectivity index (χ4v) is 2.85. The molecule has 2 rings (SSSR count). The average Bonchev–Trinajstić information content (AvgIpc) is 2.39. The Bertz CT molecular complexity index is 838. The molecule has 0 aliphatic carbocycles. The van der Waals surface area contributed by atoms with Crippen molar-refractivity contribution < 1.29 is 23.1 Å². The van der Waals surface area contributed by atoms with Crippen LogP contribution in [0.1, 0.15) is 21.5 Å². The molecule has 1 N–H and O–H groups in total. The summed E-state index contributed by atoms with van der Waals surface area (Å²) in [4.78, 5) is 11.0. The van der Waals surface area contributed by atoms with E-state index in [0.29, 0.717) is 11.3 Å². The predicted molar refractivity (Wildman–Crippen MR) is 82.5 cm³/mol. The summed E-state index contributed by atoms with van der Waals surface area (Å²) in [6.45, 7) is 3.44. The van der Waals surface area contributed by atoms with E-state index < -0.39 is 15.8 Å². The Morgan fingerprint density at radius 1 is 1.05 bits per heavy atom. The van der Waals surface area contributed by atoms with E-state index in [4.69, 9.17) is 9.84 Å². The van der Waals surface area contributed by atoms with Crippen LogP contribution in [-0.2, 0) is 9.84 Å². The lowest BCUT2D eigenvalue weighted by molar-refractivity contribution is 0.0696. The van der Waals surface area contributed by atoms with E-state index in [1.54, 1.807) is 19.1 Å². The van der Waals surface area contributed by atoms with Crippen LogP contribution in [0.15, 0.2) is 41.3 Å². The third-order valence-electron chi connectivity index (χ3n) is 3.23. The minimum absolute atomic E-state index is 0.0578. The normalized spacial score (nSPS) is 11.2. The van der Waals surface area contributed by atoms with Gasteiger partial charge in [-0.05, 0) is 43.2 Å². The maximum atomic E-state index is 11.9. The van der Waals surface area contributed by atoms with Gasteiger partial charge in [0.05, 0.1) is 5.56 Å². The summed E-state index contributed by atoms with van der Waals surface area (Å²) >= 11 is 0. The van der Waals surface area contributed by atoms with Crippen molar-refractivity contribution in [2.24, 2.45) is 0 Å². The Labute approximate surface area is 129 Å². The molecule has 0 aliphatic rings. The lowest BCUT2D eigenvalue weighted by atomic mass is 10.1. The monoisotopic (exact) mass is 320 g/mol. The number of benzene rings is 2. The molecule has 116 valence electrons. The van der Waals surface area contributed by atoms with E-state index >= 15 is 0 Å². The summed E-state index contributed by atoms with van der Waals surface area (Å²) in [7, 11) is -3.63. The molecule has 22 heavy (non-hydrogen) atoms. The number of aryl methyl sites for hydroxylation is 2. The number of ether oxygens (including phenoxy) is 1. The smallest absolute Gasteiger partial charge is 0.335 e. The molecule has 0 aliphatic heterocycles. The first-order chi connectivity index (χ1) is 10.2. The predicted octanol–water partition coefficient (Wildman–Crippen LogP) is 3.20. The van der Waals surface area contributed by atoms with Crippen LogP contribution in [0.4, 0.5) is 0 Å². The largest absolute Gasteiger partial charge is 0.478 e. The second-order valence-corrected chi connectivity index (χ2v) is 7.04. The van der Waals surface area contributed by atoms with E-state index in [1.165, 1.54) is 6.07 Å². The Morgan fingerprint density at radius 3 is 2.23 bits per heavy atom. The van der Waals surface area contributed by atoms with Crippen LogP contribution < -0.4 is 4.74 Å². The number of para-hydroxylation sites is 1. The zero-order chi connectivity index (χ0) is 16.5. The highest BCUT2D eigenvalue weighted by atomic mass is 32.2. The standard InChI is InChI=1S/C16H16O5S/c1-10-6-4-5-7-13(10)21-14-8-11(2)12(16(17)18)9-15(14)22(3,19)20/h4-9H,1-3H3,(H,17,18). The number of carboxylic acids is 1. The highest BCUT2D eigenvalue weighted by Gasteiger charge is 2.20. The molecule has 0 fully saturated rings. The van der Waals surface area contributed by atoms with Crippen LogP contribution in [0.25, 0.3) is 0 Å². The van der Waals surface area contributed by atoms with Crippen molar-refractivity contribution in [1.29, 1.82) is 0 Å². The Hall–Kier alpha value is -2.34. The summed E-state index contributed by atoms with van der Waals surface area (Å²) in [5, 5.41) is 9.14. The number of aromatic carboxylic acids is 1. The van der Waals surface area contributed by atoms with Crippen molar-refractivity contribution in [2.75, 3.05) is 6.26 Å². The lowest BCUT2D eigenvalue weighted by Gasteiger charge is -2.14. The second kappa shape index (κ2) is 5.81. The molecule has 6 heteroatoms. The van der Waals surface area contributed by atoms with Crippen LogP contribution in [0.5, 0.6) is 11.5 Å². The molecule has 0 saturated carbocycles. The average molecular weight is 320 g/mol. The van der Waals surface area contributed by atoms with E-state index in [1.807, 2.05) is 19.1 Å². The van der Waals surface area contributed by atoms with Gasteiger partial charge in [0.2, 0.25) is 0 Å². The molecule has 0 radical (unpaired) electrons. The SMILES string of the molecule is Cc1ccccc1Oc1cc(C)c(C(=O)O)cc1S(C)(=O)=O. The molecule has 0 atom stereocenters. The Balaban J connectivity index is 2.63. The molecule has 2 aromatic carbocycles. The van der Waals surface area contributed by atoms with Gasteiger partial charge >= 0.3 is 5.97 Å². The van der Waals surface area contributed by atoms with Gasteiger partial charge in [0.1, 0.15) is 16.4 Å². The van der Waals surface area contributed by atoms with Crippen LogP contribution in [0.3, 0.4) is 0 Å². The summed E-state index contributed by atoms with van der Waals surface area (Å²) in [5.41, 5.74) is 1.22. The van der Waals surface area contributed by atoms with Crippen molar-refractivity contribution in [1.82, 2.24) is 0 Å². The fourth-order valence-electron chi connectivity index (χ4n) is 2.05. The van der Waals surface area contributed by atoms with Crippen LogP contribution in [-0.4, -0.2) is 25.7 Å². The molecule has 0 bridgehead atoms. The molecule has 0 saturated heterocycles. The van der Waals surface area contributed by atoms with Gasteiger partial charge in [-0.25, -0.2) is 13.2 Å². The number of carbonyl (C=O) groups is 1. The van der Waals surface area contributed by atoms with E-state index in [9.17, 15) is 13.2 Å². The van der Waals surface area contributed by atoms with E-state index in [-0.39, 0.29) is 16.2 Å². The zero-order valence-electron chi connectivity index (χ0n) is 12.5. The number of hydrogen-bond donors (Lipinski definition) is 1. The Morgan fingerprint density at radius 2 is 1.68 bits per heavy atom. The lowest BCUT2D eigenvalue weighted by Crippen LogP contribution is -2.06. The van der Waals surface area contributed by atoms with Crippen LogP contribution in [0, 0.1) is 13.8 Å². The summed E-state index contributed by atoms with van der Waals surface area (Å²) < 4.78 is 29.6. The molecule has 2 aromatic rings. The maximum absolute atomic E-state index is 11.9. The molecule has 5 nitrogen and oxygen atoms in total. The van der Waals surface area contributed by atoms with Gasteiger partial charge in [-0.15, -0.1) is 0 Å². The van der Waals surface area contributed by atoms with E-state index in [2.05, 4.69) is 0 Å². The highest BCUT2D eigenvalue weighted by molar-refractivity contribution is 7.90. The number of hydrogen-bond acceptors (Lipinski definition) is 4. The molecule has 0 unspecified atom stereocenters. The van der Waals surface area contributed by atoms with Gasteiger partial charge in [-0.1, -0.05) is 18.2 Å². The topological polar surface area (TPSA) is 80.7 Å². The van der Waals surface area contributed by atoms with Crippen molar-refractivity contribution in [3.63, 3.8) is 0 Å². The first kappa shape index (κ1) is 16.0. The quantitative estimate of drug-likeness (QED) is 0.935. The summed E-state index contributed by atoms with van der Waals surface area (Å²) in [6.07, 6.45) is 1.02. The fraction of sp³-hybridized carbons (Fsp3) is 0.188. The van der Waals surface area contributed by atoms with Crippen molar-refractivity contribution in [2.45, 2.75) is 18.7 Å². The van der Waals surface area contributed by atoms with Gasteiger partial charge in [0.25, 0.3) is 0 Å². The number of carboxylic acid groups (broad SMARTS) is 1. The van der Waals surface area contributed by atoms with Gasteiger partial charge < -0.3 is 9.84 Å². The molecular formula is C16H16O5S. The first-order valence-electron chi connectivity index (χ1n) is 6.51. The second-order valence-electron chi connectivity index (χ2n) is 5.06.